The van der Waals surface area contributed by atoms with Gasteiger partial charge in [0.25, 0.3) is 0 Å². The predicted molar refractivity (Wildman–Crippen MR) is 79.2 cm³/mol. The first-order valence-electron chi connectivity index (χ1n) is 6.86. The lowest BCUT2D eigenvalue weighted by Crippen LogP contribution is -2.44. The van der Waals surface area contributed by atoms with Crippen molar-refractivity contribution >= 4 is 17.5 Å². The van der Waals surface area contributed by atoms with Crippen molar-refractivity contribution in [2.45, 2.75) is 0 Å². The third-order valence-corrected chi connectivity index (χ3v) is 3.47. The zero-order valence-electron chi connectivity index (χ0n) is 11.8. The van der Waals surface area contributed by atoms with Gasteiger partial charge in [0.05, 0.1) is 6.20 Å². The van der Waals surface area contributed by atoms with Gasteiger partial charge in [-0.3, -0.25) is 0 Å². The zero-order valence-corrected chi connectivity index (χ0v) is 11.8. The molecular weight excluding hydrogens is 271 g/mol. The number of halogens is 1. The van der Waals surface area contributed by atoms with E-state index in [9.17, 15) is 4.39 Å². The van der Waals surface area contributed by atoms with Gasteiger partial charge in [-0.15, -0.1) is 5.10 Å². The Kier molecular flexibility index (Phi) is 3.92. The van der Waals surface area contributed by atoms with Crippen LogP contribution in [0.4, 0.5) is 21.8 Å². The van der Waals surface area contributed by atoms with E-state index in [2.05, 4.69) is 37.3 Å². The molecule has 0 unspecified atom stereocenters. The molecular formula is C14H17FN6. The van der Waals surface area contributed by atoms with Gasteiger partial charge in [-0.2, -0.15) is 10.1 Å². The molecule has 21 heavy (non-hydrogen) atoms. The minimum absolute atomic E-state index is 0.272. The Balaban J connectivity index is 1.72. The first kappa shape index (κ1) is 13.7. The summed E-state index contributed by atoms with van der Waals surface area (Å²) >= 11 is 0. The molecule has 1 aliphatic rings. The Hall–Kier alpha value is -2.28. The molecule has 1 fully saturated rings. The van der Waals surface area contributed by atoms with E-state index in [1.807, 2.05) is 0 Å². The van der Waals surface area contributed by atoms with Crippen LogP contribution in [-0.4, -0.2) is 53.3 Å². The molecule has 0 spiro atoms. The van der Waals surface area contributed by atoms with E-state index in [1.54, 1.807) is 18.3 Å². The van der Waals surface area contributed by atoms with Crippen LogP contribution in [0, 0.1) is 5.82 Å². The topological polar surface area (TPSA) is 57.2 Å². The van der Waals surface area contributed by atoms with Crippen molar-refractivity contribution in [1.82, 2.24) is 20.1 Å². The number of rotatable bonds is 3. The van der Waals surface area contributed by atoms with E-state index in [0.717, 1.165) is 37.7 Å². The number of anilines is 3. The van der Waals surface area contributed by atoms with E-state index in [1.165, 1.54) is 12.1 Å². The summed E-state index contributed by atoms with van der Waals surface area (Å²) in [7, 11) is 2.11. The van der Waals surface area contributed by atoms with Crippen LogP contribution >= 0.6 is 0 Å². The maximum absolute atomic E-state index is 12.9. The number of nitrogens with zero attached hydrogens (tertiary/aromatic N) is 5. The van der Waals surface area contributed by atoms with Crippen LogP contribution < -0.4 is 10.2 Å². The van der Waals surface area contributed by atoms with E-state index in [-0.39, 0.29) is 5.82 Å². The number of aromatic nitrogens is 3. The molecule has 1 aromatic carbocycles. The summed E-state index contributed by atoms with van der Waals surface area (Å²) < 4.78 is 12.9. The van der Waals surface area contributed by atoms with Crippen LogP contribution in [0.3, 0.4) is 0 Å². The minimum Gasteiger partial charge on any atom is -0.353 e. The van der Waals surface area contributed by atoms with E-state index >= 15 is 0 Å². The molecule has 1 aromatic heterocycles. The fraction of sp³-hybridized carbons (Fsp3) is 0.357. The van der Waals surface area contributed by atoms with Crippen molar-refractivity contribution < 1.29 is 4.39 Å². The lowest BCUT2D eigenvalue weighted by Gasteiger charge is -2.32. The van der Waals surface area contributed by atoms with Gasteiger partial charge in [0, 0.05) is 31.9 Å². The molecule has 0 bridgehead atoms. The van der Waals surface area contributed by atoms with Gasteiger partial charge in [-0.1, -0.05) is 0 Å². The number of benzene rings is 1. The average Bonchev–Trinajstić information content (AvgIpc) is 2.51. The summed E-state index contributed by atoms with van der Waals surface area (Å²) in [5.74, 6) is 0.950. The summed E-state index contributed by atoms with van der Waals surface area (Å²) in [5.41, 5.74) is 0.730. The van der Waals surface area contributed by atoms with Crippen LogP contribution in [-0.2, 0) is 0 Å². The Morgan fingerprint density at radius 1 is 1.10 bits per heavy atom. The summed E-state index contributed by atoms with van der Waals surface area (Å²) in [6.45, 7) is 3.85. The number of hydrogen-bond acceptors (Lipinski definition) is 6. The van der Waals surface area contributed by atoms with Crippen LogP contribution in [0.25, 0.3) is 0 Å². The Labute approximate surface area is 122 Å². The van der Waals surface area contributed by atoms with Gasteiger partial charge in [-0.25, -0.2) is 4.39 Å². The molecule has 0 radical (unpaired) electrons. The van der Waals surface area contributed by atoms with E-state index in [4.69, 9.17) is 0 Å². The Morgan fingerprint density at radius 3 is 2.52 bits per heavy atom. The molecule has 110 valence electrons. The van der Waals surface area contributed by atoms with E-state index in [0.29, 0.717) is 5.95 Å². The molecule has 0 atom stereocenters. The van der Waals surface area contributed by atoms with Crippen LogP contribution in [0.2, 0.25) is 0 Å². The molecule has 6 nitrogen and oxygen atoms in total. The highest BCUT2D eigenvalue weighted by Gasteiger charge is 2.16. The van der Waals surface area contributed by atoms with Gasteiger partial charge >= 0.3 is 0 Å². The SMILES string of the molecule is CN1CCN(c2cnnc(Nc3ccc(F)cc3)n2)CC1. The monoisotopic (exact) mass is 288 g/mol. The minimum atomic E-state index is -0.272. The third kappa shape index (κ3) is 3.43. The van der Waals surface area contributed by atoms with Crippen LogP contribution in [0.1, 0.15) is 0 Å². The first-order chi connectivity index (χ1) is 10.2. The molecule has 1 saturated heterocycles. The lowest BCUT2D eigenvalue weighted by atomic mass is 10.3. The summed E-state index contributed by atoms with van der Waals surface area (Å²) in [6, 6.07) is 6.06. The zero-order chi connectivity index (χ0) is 14.7. The number of nitrogens with one attached hydrogen (secondary N) is 1. The van der Waals surface area contributed by atoms with Crippen molar-refractivity contribution in [2.75, 3.05) is 43.4 Å². The highest BCUT2D eigenvalue weighted by atomic mass is 19.1. The average molecular weight is 288 g/mol. The summed E-state index contributed by atoms with van der Waals surface area (Å²) in [5, 5.41) is 11.0. The summed E-state index contributed by atoms with van der Waals surface area (Å²) in [4.78, 5) is 8.93. The molecule has 3 rings (SSSR count). The largest absolute Gasteiger partial charge is 0.353 e. The van der Waals surface area contributed by atoms with Gasteiger partial charge in [0.1, 0.15) is 5.82 Å². The highest BCUT2D eigenvalue weighted by molar-refractivity contribution is 5.54. The van der Waals surface area contributed by atoms with Gasteiger partial charge in [-0.05, 0) is 31.3 Å². The Morgan fingerprint density at radius 2 is 1.81 bits per heavy atom. The molecule has 0 aliphatic carbocycles. The molecule has 1 N–H and O–H groups in total. The lowest BCUT2D eigenvalue weighted by molar-refractivity contribution is 0.312. The molecule has 1 aliphatic heterocycles. The van der Waals surface area contributed by atoms with Gasteiger partial charge < -0.3 is 15.1 Å². The normalized spacial score (nSPS) is 16.0. The van der Waals surface area contributed by atoms with Crippen molar-refractivity contribution in [3.8, 4) is 0 Å². The molecule has 2 aromatic rings. The molecule has 2 heterocycles. The summed E-state index contributed by atoms with van der Waals surface area (Å²) in [6.07, 6.45) is 1.67. The maximum Gasteiger partial charge on any atom is 0.249 e. The van der Waals surface area contributed by atoms with E-state index < -0.39 is 0 Å². The second kappa shape index (κ2) is 6.01. The highest BCUT2D eigenvalue weighted by Crippen LogP contribution is 2.16. The number of likely N-dealkylation sites (N-methyl/N-ethyl adjacent to an activating group) is 1. The molecule has 0 saturated carbocycles. The van der Waals surface area contributed by atoms with Crippen LogP contribution in [0.15, 0.2) is 30.5 Å². The fourth-order valence-electron chi connectivity index (χ4n) is 2.20. The number of hydrogen-bond donors (Lipinski definition) is 1. The van der Waals surface area contributed by atoms with Crippen LogP contribution in [0.5, 0.6) is 0 Å². The fourth-order valence-corrected chi connectivity index (χ4v) is 2.20. The van der Waals surface area contributed by atoms with Gasteiger partial charge in [0.2, 0.25) is 5.95 Å². The first-order valence-corrected chi connectivity index (χ1v) is 6.86. The maximum atomic E-state index is 12.9. The second-order valence-electron chi connectivity index (χ2n) is 5.06. The second-order valence-corrected chi connectivity index (χ2v) is 5.06. The molecule has 7 heteroatoms. The third-order valence-electron chi connectivity index (χ3n) is 3.47. The van der Waals surface area contributed by atoms with Crippen molar-refractivity contribution in [1.29, 1.82) is 0 Å². The number of piperazine rings is 1. The predicted octanol–water partition coefficient (Wildman–Crippen LogP) is 1.51. The smallest absolute Gasteiger partial charge is 0.249 e. The molecule has 0 amide bonds. The van der Waals surface area contributed by atoms with Crippen molar-refractivity contribution in [2.24, 2.45) is 0 Å². The standard InChI is InChI=1S/C14H17FN6/c1-20-6-8-21(9-7-20)13-10-16-19-14(18-13)17-12-4-2-11(15)3-5-12/h2-5,10H,6-9H2,1H3,(H,17,18,19). The van der Waals surface area contributed by atoms with Crippen molar-refractivity contribution in [3.05, 3.63) is 36.3 Å². The van der Waals surface area contributed by atoms with Gasteiger partial charge in [0.15, 0.2) is 5.82 Å². The van der Waals surface area contributed by atoms with Crippen molar-refractivity contribution in [3.63, 3.8) is 0 Å². The Bertz CT molecular complexity index is 595. The quantitative estimate of drug-likeness (QED) is 0.924.